The van der Waals surface area contributed by atoms with Gasteiger partial charge in [-0.2, -0.15) is 4.98 Å². The van der Waals surface area contributed by atoms with E-state index in [2.05, 4.69) is 60.5 Å². The molecule has 0 bridgehead atoms. The Balaban J connectivity index is 1.29. The zero-order chi connectivity index (χ0) is 25.2. The van der Waals surface area contributed by atoms with Gasteiger partial charge in [-0.1, -0.05) is 15.9 Å². The van der Waals surface area contributed by atoms with Gasteiger partial charge in [-0.3, -0.25) is 4.79 Å². The highest BCUT2D eigenvalue weighted by molar-refractivity contribution is 9.10. The van der Waals surface area contributed by atoms with Crippen LogP contribution in [0.15, 0.2) is 64.0 Å². The Morgan fingerprint density at radius 3 is 2.67 bits per heavy atom. The van der Waals surface area contributed by atoms with E-state index in [0.717, 1.165) is 33.9 Å². The van der Waals surface area contributed by atoms with Crippen molar-refractivity contribution >= 4 is 50.0 Å². The number of rotatable bonds is 8. The van der Waals surface area contributed by atoms with Crippen molar-refractivity contribution < 1.29 is 9.47 Å². The first-order chi connectivity index (χ1) is 17.4. The molecule has 0 aliphatic heterocycles. The molecule has 0 spiro atoms. The number of anilines is 4. The fraction of sp³-hybridized carbons (Fsp3) is 0.269. The second kappa shape index (κ2) is 10.2. The quantitative estimate of drug-likeness (QED) is 0.280. The lowest BCUT2D eigenvalue weighted by atomic mass is 9.88. The maximum absolute atomic E-state index is 12.5. The molecule has 2 aromatic heterocycles. The maximum atomic E-state index is 12.5. The summed E-state index contributed by atoms with van der Waals surface area (Å²) in [5, 5.41) is 7.18. The van der Waals surface area contributed by atoms with E-state index >= 15 is 0 Å². The number of benzene rings is 2. The van der Waals surface area contributed by atoms with Crippen molar-refractivity contribution in [2.75, 3.05) is 31.8 Å². The van der Waals surface area contributed by atoms with Gasteiger partial charge in [0.25, 0.3) is 5.56 Å². The predicted octanol–water partition coefficient (Wildman–Crippen LogP) is 5.05. The summed E-state index contributed by atoms with van der Waals surface area (Å²) < 4.78 is 12.6. The molecule has 5 rings (SSSR count). The number of H-pyrrole nitrogens is 1. The molecular formula is C26H27BrN6O3. The zero-order valence-corrected chi connectivity index (χ0v) is 21.8. The van der Waals surface area contributed by atoms with Crippen LogP contribution in [0.4, 0.5) is 23.1 Å². The molecule has 9 nitrogen and oxygen atoms in total. The average Bonchev–Trinajstić information content (AvgIpc) is 2.82. The summed E-state index contributed by atoms with van der Waals surface area (Å²) in [6, 6.07) is 15.4. The van der Waals surface area contributed by atoms with E-state index in [0.29, 0.717) is 35.0 Å². The van der Waals surface area contributed by atoms with Gasteiger partial charge in [0.1, 0.15) is 17.6 Å². The average molecular weight is 551 g/mol. The fourth-order valence-electron chi connectivity index (χ4n) is 4.10. The van der Waals surface area contributed by atoms with Gasteiger partial charge in [0.15, 0.2) is 11.5 Å². The second-order valence-corrected chi connectivity index (χ2v) is 9.87. The Morgan fingerprint density at radius 1 is 1.06 bits per heavy atom. The summed E-state index contributed by atoms with van der Waals surface area (Å²) >= 11 is 3.46. The molecule has 0 radical (unpaired) electrons. The number of hydrogen-bond donors (Lipinski definition) is 3. The topological polar surface area (TPSA) is 104 Å². The molecule has 10 heteroatoms. The number of aromatic nitrogens is 3. The van der Waals surface area contributed by atoms with Gasteiger partial charge in [0.05, 0.1) is 7.11 Å². The molecule has 0 atom stereocenters. The van der Waals surface area contributed by atoms with Crippen molar-refractivity contribution in [1.82, 2.24) is 19.9 Å². The summed E-state index contributed by atoms with van der Waals surface area (Å²) in [7, 11) is 5.80. The second-order valence-electron chi connectivity index (χ2n) is 8.95. The van der Waals surface area contributed by atoms with E-state index in [4.69, 9.17) is 9.47 Å². The van der Waals surface area contributed by atoms with Crippen molar-refractivity contribution in [3.63, 3.8) is 0 Å². The number of halogens is 1. The van der Waals surface area contributed by atoms with Crippen LogP contribution in [0.3, 0.4) is 0 Å². The SMILES string of the molecule is COc1cc(Nc2nccc(Nc3cc4cc(Br)ccc4[nH]c3=O)n2)ccc1OC1CC(N(C)C)C1. The molecular weight excluding hydrogens is 524 g/mol. The monoisotopic (exact) mass is 550 g/mol. The van der Waals surface area contributed by atoms with Crippen LogP contribution in [0.2, 0.25) is 0 Å². The lowest BCUT2D eigenvalue weighted by Gasteiger charge is -2.39. The van der Waals surface area contributed by atoms with Crippen LogP contribution in [0.1, 0.15) is 12.8 Å². The molecule has 186 valence electrons. The summed E-state index contributed by atoms with van der Waals surface area (Å²) in [5.41, 5.74) is 1.67. The number of fused-ring (bicyclic) bond motifs is 1. The van der Waals surface area contributed by atoms with Gasteiger partial charge in [0, 0.05) is 39.4 Å². The highest BCUT2D eigenvalue weighted by Gasteiger charge is 2.32. The van der Waals surface area contributed by atoms with Gasteiger partial charge in [0.2, 0.25) is 5.95 Å². The lowest BCUT2D eigenvalue weighted by Crippen LogP contribution is -2.46. The van der Waals surface area contributed by atoms with E-state index in [9.17, 15) is 4.79 Å². The van der Waals surface area contributed by atoms with E-state index in [-0.39, 0.29) is 11.7 Å². The molecule has 0 amide bonds. The van der Waals surface area contributed by atoms with Gasteiger partial charge >= 0.3 is 0 Å². The highest BCUT2D eigenvalue weighted by atomic mass is 79.9. The number of hydrogen-bond acceptors (Lipinski definition) is 8. The van der Waals surface area contributed by atoms with Gasteiger partial charge in [-0.05, 0) is 69.4 Å². The van der Waals surface area contributed by atoms with Crippen molar-refractivity contribution in [2.45, 2.75) is 25.0 Å². The van der Waals surface area contributed by atoms with Crippen LogP contribution in [0, 0.1) is 0 Å². The largest absolute Gasteiger partial charge is 0.493 e. The highest BCUT2D eigenvalue weighted by Crippen LogP contribution is 2.36. The fourth-order valence-corrected chi connectivity index (χ4v) is 4.48. The molecule has 4 aromatic rings. The smallest absolute Gasteiger partial charge is 0.272 e. The van der Waals surface area contributed by atoms with Crippen molar-refractivity contribution in [2.24, 2.45) is 0 Å². The molecule has 1 aliphatic rings. The lowest BCUT2D eigenvalue weighted by molar-refractivity contribution is 0.0383. The van der Waals surface area contributed by atoms with Crippen molar-refractivity contribution in [3.8, 4) is 11.5 Å². The number of pyridine rings is 1. The first-order valence-electron chi connectivity index (χ1n) is 11.6. The van der Waals surface area contributed by atoms with Gasteiger partial charge in [-0.15, -0.1) is 0 Å². The number of methoxy groups -OCH3 is 1. The molecule has 2 heterocycles. The minimum atomic E-state index is -0.235. The standard InChI is InChI=1S/C26H27BrN6O3/c1-33(2)18-13-19(14-18)36-22-7-5-17(12-23(22)35-3)29-26-28-9-8-24(32-26)30-21-11-15-10-16(27)4-6-20(15)31-25(21)34/h4-12,18-19H,13-14H2,1-3H3,(H,31,34)(H2,28,29,30,32). The Morgan fingerprint density at radius 2 is 1.89 bits per heavy atom. The molecule has 0 saturated heterocycles. The van der Waals surface area contributed by atoms with Crippen LogP contribution < -0.4 is 25.7 Å². The molecule has 2 aromatic carbocycles. The number of nitrogens with zero attached hydrogens (tertiary/aromatic N) is 3. The minimum absolute atomic E-state index is 0.190. The number of ether oxygens (including phenoxy) is 2. The molecule has 1 aliphatic carbocycles. The van der Waals surface area contributed by atoms with Crippen molar-refractivity contribution in [3.05, 3.63) is 69.6 Å². The first kappa shape index (κ1) is 24.1. The maximum Gasteiger partial charge on any atom is 0.272 e. The van der Waals surface area contributed by atoms with E-state index < -0.39 is 0 Å². The van der Waals surface area contributed by atoms with Crippen LogP contribution in [-0.2, 0) is 0 Å². The third-order valence-electron chi connectivity index (χ3n) is 6.24. The Bertz CT molecular complexity index is 1450. The minimum Gasteiger partial charge on any atom is -0.493 e. The zero-order valence-electron chi connectivity index (χ0n) is 20.2. The Labute approximate surface area is 217 Å². The molecule has 0 unspecified atom stereocenters. The van der Waals surface area contributed by atoms with Gasteiger partial charge < -0.3 is 30.0 Å². The molecule has 3 N–H and O–H groups in total. The summed E-state index contributed by atoms with van der Waals surface area (Å²) in [4.78, 5) is 26.4. The van der Waals surface area contributed by atoms with E-state index in [1.807, 2.05) is 36.4 Å². The van der Waals surface area contributed by atoms with Crippen molar-refractivity contribution in [1.29, 1.82) is 0 Å². The third-order valence-corrected chi connectivity index (χ3v) is 6.73. The van der Waals surface area contributed by atoms with Crippen LogP contribution in [-0.4, -0.2) is 53.2 Å². The van der Waals surface area contributed by atoms with E-state index in [1.165, 1.54) is 0 Å². The van der Waals surface area contributed by atoms with Gasteiger partial charge in [-0.25, -0.2) is 4.98 Å². The first-order valence-corrected chi connectivity index (χ1v) is 12.4. The summed E-state index contributed by atoms with van der Waals surface area (Å²) in [6.07, 6.45) is 3.81. The molecule has 1 fully saturated rings. The number of aromatic amines is 1. The van der Waals surface area contributed by atoms with Crippen LogP contribution in [0.25, 0.3) is 10.9 Å². The Kier molecular flexibility index (Phi) is 6.80. The number of nitrogens with one attached hydrogen (secondary N) is 3. The third kappa shape index (κ3) is 5.29. The van der Waals surface area contributed by atoms with E-state index in [1.54, 1.807) is 25.4 Å². The molecule has 1 saturated carbocycles. The molecule has 36 heavy (non-hydrogen) atoms. The summed E-state index contributed by atoms with van der Waals surface area (Å²) in [5.74, 6) is 2.21. The van der Waals surface area contributed by atoms with Crippen LogP contribution >= 0.6 is 15.9 Å². The summed E-state index contributed by atoms with van der Waals surface area (Å²) in [6.45, 7) is 0. The normalized spacial score (nSPS) is 17.0. The van der Waals surface area contributed by atoms with Crippen LogP contribution in [0.5, 0.6) is 11.5 Å². The predicted molar refractivity (Wildman–Crippen MR) is 145 cm³/mol. The Hall–Kier alpha value is -3.63.